The lowest BCUT2D eigenvalue weighted by Gasteiger charge is -2.25. The fourth-order valence-corrected chi connectivity index (χ4v) is 5.84. The summed E-state index contributed by atoms with van der Waals surface area (Å²) >= 11 is 0. The first-order valence-corrected chi connectivity index (χ1v) is 14.7. The molecule has 1 atom stereocenters. The number of amides is 1. The smallest absolute Gasteiger partial charge is 0.290 e. The molecule has 3 aromatic carbocycles. The molecule has 0 aliphatic carbocycles. The summed E-state index contributed by atoms with van der Waals surface area (Å²) in [4.78, 5) is 29.7. The number of carbonyl (C=O) groups excluding carboxylic acids is 1. The van der Waals surface area contributed by atoms with E-state index in [1.165, 1.54) is 12.8 Å². The Labute approximate surface area is 247 Å². The van der Waals surface area contributed by atoms with E-state index in [-0.39, 0.29) is 17.1 Å². The van der Waals surface area contributed by atoms with Gasteiger partial charge in [0, 0.05) is 6.54 Å². The molecule has 220 valence electrons. The molecule has 0 radical (unpaired) electrons. The maximum Gasteiger partial charge on any atom is 0.290 e. The number of unbranched alkanes of at least 4 members (excludes halogenated alkanes) is 3. The summed E-state index contributed by atoms with van der Waals surface area (Å²) in [5.74, 6) is 1.87. The molecule has 1 aromatic heterocycles. The van der Waals surface area contributed by atoms with Gasteiger partial charge in [-0.05, 0) is 79.3 Å². The lowest BCUT2D eigenvalue weighted by atomic mass is 9.96. The van der Waals surface area contributed by atoms with E-state index < -0.39 is 6.04 Å². The number of nitrogens with zero attached hydrogens (tertiary/aromatic N) is 1. The minimum absolute atomic E-state index is 0.117. The van der Waals surface area contributed by atoms with E-state index in [0.717, 1.165) is 40.8 Å². The van der Waals surface area contributed by atoms with Gasteiger partial charge in [-0.2, -0.15) is 0 Å². The molecule has 5 rings (SSSR count). The molecule has 1 unspecified atom stereocenters. The zero-order valence-corrected chi connectivity index (χ0v) is 25.1. The van der Waals surface area contributed by atoms with Gasteiger partial charge in [0.25, 0.3) is 5.91 Å². The fraction of sp³-hybridized carbons (Fsp3) is 0.371. The molecule has 0 N–H and O–H groups in total. The second-order valence-corrected chi connectivity index (χ2v) is 10.9. The van der Waals surface area contributed by atoms with Gasteiger partial charge in [-0.3, -0.25) is 9.59 Å². The Balaban J connectivity index is 1.50. The topological polar surface area (TPSA) is 78.2 Å². The molecule has 7 nitrogen and oxygen atoms in total. The molecule has 1 aliphatic heterocycles. The SMILES string of the molecule is CCCCCCOc1ccc(C2c3c(oc4cc(C)cc(C)c4c3=O)C(=O)N2CCc2ccc(OC)c(OC)c2)cc1. The van der Waals surface area contributed by atoms with E-state index in [0.29, 0.717) is 47.6 Å². The highest BCUT2D eigenvalue weighted by molar-refractivity contribution is 5.99. The Bertz CT molecular complexity index is 1640. The number of ether oxygens (including phenoxy) is 3. The molecule has 0 spiro atoms. The second kappa shape index (κ2) is 12.7. The zero-order chi connectivity index (χ0) is 29.8. The zero-order valence-electron chi connectivity index (χ0n) is 25.1. The molecule has 7 heteroatoms. The minimum atomic E-state index is -0.576. The normalized spacial score (nSPS) is 14.4. The first-order chi connectivity index (χ1) is 20.4. The summed E-state index contributed by atoms with van der Waals surface area (Å²) in [5.41, 5.74) is 4.30. The van der Waals surface area contributed by atoms with Crippen molar-refractivity contribution in [1.29, 1.82) is 0 Å². The quantitative estimate of drug-likeness (QED) is 0.168. The van der Waals surface area contributed by atoms with Crippen molar-refractivity contribution in [2.45, 2.75) is 58.9 Å². The van der Waals surface area contributed by atoms with Crippen molar-refractivity contribution in [1.82, 2.24) is 4.90 Å². The van der Waals surface area contributed by atoms with E-state index in [1.807, 2.05) is 68.4 Å². The van der Waals surface area contributed by atoms with Gasteiger partial charge in [0.2, 0.25) is 5.76 Å². The van der Waals surface area contributed by atoms with E-state index >= 15 is 0 Å². The molecular weight excluding hydrogens is 530 g/mol. The maximum absolute atomic E-state index is 14.1. The number of carbonyl (C=O) groups is 1. The van der Waals surface area contributed by atoms with E-state index in [2.05, 4.69) is 6.92 Å². The van der Waals surface area contributed by atoms with Crippen molar-refractivity contribution in [2.75, 3.05) is 27.4 Å². The third-order valence-corrected chi connectivity index (χ3v) is 7.96. The van der Waals surface area contributed by atoms with Crippen LogP contribution in [0.1, 0.15) is 77.0 Å². The van der Waals surface area contributed by atoms with Gasteiger partial charge in [0.15, 0.2) is 16.9 Å². The summed E-state index contributed by atoms with van der Waals surface area (Å²) in [6.07, 6.45) is 5.10. The van der Waals surface area contributed by atoms with E-state index in [4.69, 9.17) is 18.6 Å². The number of benzene rings is 3. The standard InChI is InChI=1S/C35H39NO6/c1-6-7-8-9-18-41-26-13-11-25(12-14-26)32-31-33(37)30-23(3)19-22(2)20-29(30)42-34(31)35(38)36(32)17-16-24-10-15-27(39-4)28(21-24)40-5/h10-15,19-21,32H,6-9,16-18H2,1-5H3. The summed E-state index contributed by atoms with van der Waals surface area (Å²) in [6, 6.07) is 16.7. The first-order valence-electron chi connectivity index (χ1n) is 14.7. The van der Waals surface area contributed by atoms with Gasteiger partial charge in [-0.15, -0.1) is 0 Å². The summed E-state index contributed by atoms with van der Waals surface area (Å²) < 4.78 is 23.0. The van der Waals surface area contributed by atoms with Crippen LogP contribution in [-0.2, 0) is 6.42 Å². The Morgan fingerprint density at radius 2 is 1.64 bits per heavy atom. The number of methoxy groups -OCH3 is 2. The van der Waals surface area contributed by atoms with Crippen LogP contribution < -0.4 is 19.6 Å². The number of fused-ring (bicyclic) bond motifs is 2. The van der Waals surface area contributed by atoms with Crippen molar-refractivity contribution < 1.29 is 23.4 Å². The predicted molar refractivity (Wildman–Crippen MR) is 164 cm³/mol. The van der Waals surface area contributed by atoms with Crippen molar-refractivity contribution in [3.05, 3.63) is 98.4 Å². The molecule has 2 heterocycles. The van der Waals surface area contributed by atoms with E-state index in [9.17, 15) is 9.59 Å². The van der Waals surface area contributed by atoms with Gasteiger partial charge in [-0.1, -0.05) is 50.5 Å². The second-order valence-electron chi connectivity index (χ2n) is 10.9. The van der Waals surface area contributed by atoms with Crippen LogP contribution in [0.5, 0.6) is 17.2 Å². The molecule has 0 saturated carbocycles. The Kier molecular flexibility index (Phi) is 8.86. The minimum Gasteiger partial charge on any atom is -0.494 e. The highest BCUT2D eigenvalue weighted by Gasteiger charge is 2.42. The van der Waals surface area contributed by atoms with Crippen LogP contribution in [0.15, 0.2) is 63.8 Å². The maximum atomic E-state index is 14.1. The molecule has 0 saturated heterocycles. The summed E-state index contributed by atoms with van der Waals surface area (Å²) in [5, 5.41) is 0.519. The Morgan fingerprint density at radius 3 is 2.36 bits per heavy atom. The van der Waals surface area contributed by atoms with Gasteiger partial charge in [-0.25, -0.2) is 0 Å². The van der Waals surface area contributed by atoms with Crippen LogP contribution in [-0.4, -0.2) is 38.2 Å². The number of hydrogen-bond acceptors (Lipinski definition) is 6. The monoisotopic (exact) mass is 569 g/mol. The predicted octanol–water partition coefficient (Wildman–Crippen LogP) is 7.17. The highest BCUT2D eigenvalue weighted by Crippen LogP contribution is 2.39. The number of rotatable bonds is 12. The lowest BCUT2D eigenvalue weighted by molar-refractivity contribution is 0.0730. The van der Waals surface area contributed by atoms with Crippen molar-refractivity contribution >= 4 is 16.9 Å². The average Bonchev–Trinajstić information content (AvgIpc) is 3.27. The average molecular weight is 570 g/mol. The highest BCUT2D eigenvalue weighted by atomic mass is 16.5. The van der Waals surface area contributed by atoms with Crippen LogP contribution in [0.2, 0.25) is 0 Å². The summed E-state index contributed by atoms with van der Waals surface area (Å²) in [6.45, 7) is 7.09. The van der Waals surface area contributed by atoms with Crippen LogP contribution in [0, 0.1) is 13.8 Å². The number of hydrogen-bond donors (Lipinski definition) is 0. The van der Waals surface area contributed by atoms with Crippen LogP contribution in [0.3, 0.4) is 0 Å². The third kappa shape index (κ3) is 5.73. The summed E-state index contributed by atoms with van der Waals surface area (Å²) in [7, 11) is 3.20. The van der Waals surface area contributed by atoms with Crippen LogP contribution in [0.4, 0.5) is 0 Å². The van der Waals surface area contributed by atoms with Gasteiger partial charge >= 0.3 is 0 Å². The van der Waals surface area contributed by atoms with Crippen molar-refractivity contribution in [3.63, 3.8) is 0 Å². The molecule has 4 aromatic rings. The molecule has 0 bridgehead atoms. The van der Waals surface area contributed by atoms with Gasteiger partial charge in [0.1, 0.15) is 11.3 Å². The van der Waals surface area contributed by atoms with Crippen LogP contribution >= 0.6 is 0 Å². The molecule has 0 fully saturated rings. The van der Waals surface area contributed by atoms with E-state index in [1.54, 1.807) is 19.1 Å². The van der Waals surface area contributed by atoms with Crippen molar-refractivity contribution in [2.24, 2.45) is 0 Å². The Morgan fingerprint density at radius 1 is 0.881 bits per heavy atom. The lowest BCUT2D eigenvalue weighted by Crippen LogP contribution is -2.31. The Hall–Kier alpha value is -4.26. The molecule has 1 aliphatic rings. The van der Waals surface area contributed by atoms with Crippen molar-refractivity contribution in [3.8, 4) is 17.2 Å². The van der Waals surface area contributed by atoms with Gasteiger partial charge in [0.05, 0.1) is 37.8 Å². The van der Waals surface area contributed by atoms with Crippen LogP contribution in [0.25, 0.3) is 11.0 Å². The molecular formula is C35H39NO6. The number of aryl methyl sites for hydroxylation is 2. The largest absolute Gasteiger partial charge is 0.494 e. The van der Waals surface area contributed by atoms with Gasteiger partial charge < -0.3 is 23.5 Å². The fourth-order valence-electron chi connectivity index (χ4n) is 5.84. The third-order valence-electron chi connectivity index (χ3n) is 7.96. The first kappa shape index (κ1) is 29.2. The molecule has 42 heavy (non-hydrogen) atoms. The molecule has 1 amide bonds.